The molecule has 0 amide bonds. The molecular formula is C12H18O2. The molecule has 0 bridgehead atoms. The van der Waals surface area contributed by atoms with E-state index in [1.807, 2.05) is 6.08 Å². The third kappa shape index (κ3) is 2.47. The van der Waals surface area contributed by atoms with Gasteiger partial charge in [-0.3, -0.25) is 0 Å². The van der Waals surface area contributed by atoms with Crippen molar-refractivity contribution in [3.63, 3.8) is 0 Å². The largest absolute Gasteiger partial charge is 0.478 e. The van der Waals surface area contributed by atoms with E-state index in [9.17, 15) is 4.79 Å². The SMILES string of the molecule is CC1=C/C(=C(\C)C(=O)O)CC(C)(C)C1. The zero-order valence-corrected chi connectivity index (χ0v) is 9.35. The Labute approximate surface area is 85.3 Å². The van der Waals surface area contributed by atoms with Crippen molar-refractivity contribution in [3.8, 4) is 0 Å². The van der Waals surface area contributed by atoms with E-state index >= 15 is 0 Å². The van der Waals surface area contributed by atoms with Crippen LogP contribution in [0.25, 0.3) is 0 Å². The van der Waals surface area contributed by atoms with Crippen LogP contribution in [-0.4, -0.2) is 11.1 Å². The van der Waals surface area contributed by atoms with E-state index in [-0.39, 0.29) is 5.41 Å². The molecule has 2 nitrogen and oxygen atoms in total. The summed E-state index contributed by atoms with van der Waals surface area (Å²) in [4.78, 5) is 10.8. The van der Waals surface area contributed by atoms with Crippen molar-refractivity contribution in [2.45, 2.75) is 40.5 Å². The van der Waals surface area contributed by atoms with Gasteiger partial charge in [0.15, 0.2) is 0 Å². The molecule has 0 aromatic heterocycles. The summed E-state index contributed by atoms with van der Waals surface area (Å²) in [6, 6.07) is 0. The average Bonchev–Trinajstić information content (AvgIpc) is 1.98. The summed E-state index contributed by atoms with van der Waals surface area (Å²) in [5.41, 5.74) is 2.94. The van der Waals surface area contributed by atoms with Crippen LogP contribution in [0.15, 0.2) is 22.8 Å². The second-order valence-electron chi connectivity index (χ2n) is 4.96. The lowest BCUT2D eigenvalue weighted by molar-refractivity contribution is -0.132. The minimum absolute atomic E-state index is 0.199. The van der Waals surface area contributed by atoms with Crippen LogP contribution in [0.4, 0.5) is 0 Å². The molecule has 0 aromatic rings. The molecule has 1 aliphatic carbocycles. The molecule has 1 aliphatic rings. The fraction of sp³-hybridized carbons (Fsp3) is 0.583. The molecule has 0 saturated carbocycles. The van der Waals surface area contributed by atoms with Crippen molar-refractivity contribution in [3.05, 3.63) is 22.8 Å². The maximum Gasteiger partial charge on any atom is 0.331 e. The Morgan fingerprint density at radius 2 is 2.00 bits per heavy atom. The van der Waals surface area contributed by atoms with Crippen LogP contribution in [0.5, 0.6) is 0 Å². The lowest BCUT2D eigenvalue weighted by atomic mass is 9.74. The van der Waals surface area contributed by atoms with Gasteiger partial charge in [0.25, 0.3) is 0 Å². The number of aliphatic carboxylic acids is 1. The first-order valence-electron chi connectivity index (χ1n) is 4.92. The first-order valence-corrected chi connectivity index (χ1v) is 4.92. The molecule has 0 aromatic carbocycles. The van der Waals surface area contributed by atoms with Crippen LogP contribution in [0, 0.1) is 5.41 Å². The topological polar surface area (TPSA) is 37.3 Å². The van der Waals surface area contributed by atoms with Gasteiger partial charge in [-0.2, -0.15) is 0 Å². The Morgan fingerprint density at radius 1 is 1.43 bits per heavy atom. The van der Waals surface area contributed by atoms with Gasteiger partial charge in [0.1, 0.15) is 0 Å². The highest BCUT2D eigenvalue weighted by atomic mass is 16.4. The second kappa shape index (κ2) is 3.60. The normalized spacial score (nSPS) is 24.1. The van der Waals surface area contributed by atoms with Gasteiger partial charge in [0, 0.05) is 5.57 Å². The lowest BCUT2D eigenvalue weighted by Crippen LogP contribution is -2.18. The minimum atomic E-state index is -0.804. The summed E-state index contributed by atoms with van der Waals surface area (Å²) >= 11 is 0. The Balaban J connectivity index is 3.09. The van der Waals surface area contributed by atoms with E-state index in [1.165, 1.54) is 5.57 Å². The summed E-state index contributed by atoms with van der Waals surface area (Å²) in [5, 5.41) is 8.90. The molecule has 1 rings (SSSR count). The zero-order valence-electron chi connectivity index (χ0n) is 9.35. The Kier molecular flexibility index (Phi) is 2.84. The second-order valence-corrected chi connectivity index (χ2v) is 4.96. The molecule has 1 N–H and O–H groups in total. The van der Waals surface area contributed by atoms with Crippen LogP contribution < -0.4 is 0 Å². The van der Waals surface area contributed by atoms with Crippen LogP contribution in [0.1, 0.15) is 40.5 Å². The summed E-state index contributed by atoms with van der Waals surface area (Å²) in [5.74, 6) is -0.804. The number of hydrogen-bond acceptors (Lipinski definition) is 1. The third-order valence-corrected chi connectivity index (χ3v) is 2.65. The Bertz CT molecular complexity index is 319. The van der Waals surface area contributed by atoms with E-state index < -0.39 is 5.97 Å². The zero-order chi connectivity index (χ0) is 10.9. The molecule has 0 unspecified atom stereocenters. The molecule has 78 valence electrons. The van der Waals surface area contributed by atoms with Gasteiger partial charge in [0.05, 0.1) is 0 Å². The van der Waals surface area contributed by atoms with Gasteiger partial charge in [0.2, 0.25) is 0 Å². The van der Waals surface area contributed by atoms with Gasteiger partial charge in [-0.15, -0.1) is 0 Å². The Hall–Kier alpha value is -1.05. The van der Waals surface area contributed by atoms with Crippen molar-refractivity contribution in [2.75, 3.05) is 0 Å². The molecule has 0 radical (unpaired) electrons. The molecule has 0 aliphatic heterocycles. The summed E-state index contributed by atoms with van der Waals surface area (Å²) in [6.07, 6.45) is 3.95. The fourth-order valence-electron chi connectivity index (χ4n) is 2.11. The first kappa shape index (κ1) is 11.0. The molecule has 2 heteroatoms. The van der Waals surface area contributed by atoms with E-state index in [0.717, 1.165) is 18.4 Å². The van der Waals surface area contributed by atoms with Crippen LogP contribution >= 0.6 is 0 Å². The minimum Gasteiger partial charge on any atom is -0.478 e. The number of carboxylic acids is 1. The molecule has 0 fully saturated rings. The van der Waals surface area contributed by atoms with Crippen LogP contribution in [0.2, 0.25) is 0 Å². The van der Waals surface area contributed by atoms with Gasteiger partial charge in [-0.25, -0.2) is 4.79 Å². The number of carbonyl (C=O) groups is 1. The van der Waals surface area contributed by atoms with Crippen molar-refractivity contribution in [1.29, 1.82) is 0 Å². The third-order valence-electron chi connectivity index (χ3n) is 2.65. The highest BCUT2D eigenvalue weighted by Crippen LogP contribution is 2.38. The standard InChI is InChI=1S/C12H18O2/c1-8-5-10(9(2)11(13)14)7-12(3,4)6-8/h5H,6-7H2,1-4H3,(H,13,14)/b10-9-. The van der Waals surface area contributed by atoms with Crippen LogP contribution in [-0.2, 0) is 4.79 Å². The van der Waals surface area contributed by atoms with E-state index in [1.54, 1.807) is 6.92 Å². The van der Waals surface area contributed by atoms with Gasteiger partial charge < -0.3 is 5.11 Å². The lowest BCUT2D eigenvalue weighted by Gasteiger charge is -2.30. The van der Waals surface area contributed by atoms with E-state index in [4.69, 9.17) is 5.11 Å². The molecule has 0 saturated heterocycles. The maximum absolute atomic E-state index is 10.8. The van der Waals surface area contributed by atoms with Crippen molar-refractivity contribution in [2.24, 2.45) is 5.41 Å². The monoisotopic (exact) mass is 194 g/mol. The maximum atomic E-state index is 10.8. The van der Waals surface area contributed by atoms with E-state index in [2.05, 4.69) is 20.8 Å². The van der Waals surface area contributed by atoms with E-state index in [0.29, 0.717) is 5.57 Å². The molecule has 14 heavy (non-hydrogen) atoms. The Morgan fingerprint density at radius 3 is 2.43 bits per heavy atom. The molecule has 0 heterocycles. The highest BCUT2D eigenvalue weighted by Gasteiger charge is 2.25. The summed E-state index contributed by atoms with van der Waals surface area (Å²) < 4.78 is 0. The van der Waals surface area contributed by atoms with Crippen LogP contribution in [0.3, 0.4) is 0 Å². The van der Waals surface area contributed by atoms with Crippen molar-refractivity contribution in [1.82, 2.24) is 0 Å². The highest BCUT2D eigenvalue weighted by molar-refractivity contribution is 5.87. The number of allylic oxidation sites excluding steroid dienone is 3. The average molecular weight is 194 g/mol. The molecule has 0 spiro atoms. The fourth-order valence-corrected chi connectivity index (χ4v) is 2.11. The smallest absolute Gasteiger partial charge is 0.331 e. The van der Waals surface area contributed by atoms with Gasteiger partial charge in [-0.05, 0) is 37.7 Å². The first-order chi connectivity index (χ1) is 6.32. The van der Waals surface area contributed by atoms with Gasteiger partial charge >= 0.3 is 5.97 Å². The number of rotatable bonds is 1. The summed E-state index contributed by atoms with van der Waals surface area (Å²) in [6.45, 7) is 8.11. The van der Waals surface area contributed by atoms with Crippen molar-refractivity contribution < 1.29 is 9.90 Å². The number of hydrogen-bond donors (Lipinski definition) is 1. The molecular weight excluding hydrogens is 176 g/mol. The summed E-state index contributed by atoms with van der Waals surface area (Å²) in [7, 11) is 0. The van der Waals surface area contributed by atoms with Crippen molar-refractivity contribution >= 4 is 5.97 Å². The number of carboxylic acid groups (broad SMARTS) is 1. The van der Waals surface area contributed by atoms with Gasteiger partial charge in [-0.1, -0.05) is 25.5 Å². The molecule has 0 atom stereocenters. The predicted molar refractivity (Wildman–Crippen MR) is 57.1 cm³/mol. The quantitative estimate of drug-likeness (QED) is 0.651. The predicted octanol–water partition coefficient (Wildman–Crippen LogP) is 3.15.